The van der Waals surface area contributed by atoms with Crippen LogP contribution in [0.1, 0.15) is 95.0 Å². The van der Waals surface area contributed by atoms with Crippen LogP contribution in [0.15, 0.2) is 71.8 Å². The van der Waals surface area contributed by atoms with Crippen LogP contribution >= 0.6 is 17.0 Å². The van der Waals surface area contributed by atoms with Crippen LogP contribution in [-0.4, -0.2) is 38.2 Å². The monoisotopic (exact) mass is 1060 g/mol. The number of aryl methyl sites for hydroxylation is 2. The van der Waals surface area contributed by atoms with Crippen LogP contribution in [0.5, 0.6) is 0 Å². The van der Waals surface area contributed by atoms with Crippen molar-refractivity contribution in [3.63, 3.8) is 0 Å². The standard InChI is InChI=1S/2C27H39Si2.C2H7Si.2ClH.Zr/c2*1-10-19(3)22-14-21-13-12-20(11-2)27(26(21)17-22)23-15-24(28(4,5)6)18-25(16-23)29(7,8)9;1-3-2;;;/h2*12-19H,10-11H2,1-9H3;3H,1-2H3;2*1H;/q;;;;;+2/p-2. The molecule has 2 aliphatic carbocycles. The van der Waals surface area contributed by atoms with Gasteiger partial charge in [0.25, 0.3) is 0 Å². The van der Waals surface area contributed by atoms with E-state index in [-0.39, 0.29) is 7.25 Å². The Bertz CT molecular complexity index is 2270. The number of allylic oxidation sites excluding steroid dienone is 2. The molecule has 2 aliphatic rings. The molecule has 0 amide bonds. The Morgan fingerprint density at radius 1 is 0.500 bits per heavy atom. The SMILES string of the molecule is CCc1ccc2c(c1-c1cc([Si](C)(C)C)cc([Si](C)(C)C)c1)C=C(C(C)CC)[CH]2[Zr]([Cl])([Cl])([CH]1C(C(C)CC)=Cc2c1ccc(CC)c2-c1cc([Si](C)(C)C)cc([Si](C)(C)C)c1)[SiH](C)C. The molecule has 4 atom stereocenters. The molecule has 4 aromatic rings. The van der Waals surface area contributed by atoms with Crippen molar-refractivity contribution in [1.29, 1.82) is 0 Å². The summed E-state index contributed by atoms with van der Waals surface area (Å²) >= 11 is -5.15. The van der Waals surface area contributed by atoms with Gasteiger partial charge in [0.2, 0.25) is 0 Å². The first-order chi connectivity index (χ1) is 29.4. The van der Waals surface area contributed by atoms with Crippen molar-refractivity contribution < 1.29 is 15.6 Å². The molecular formula is C56H85Cl2Si5Zr. The van der Waals surface area contributed by atoms with Gasteiger partial charge in [-0.25, -0.2) is 0 Å². The van der Waals surface area contributed by atoms with Crippen LogP contribution in [0.4, 0.5) is 0 Å². The molecule has 8 heteroatoms. The summed E-state index contributed by atoms with van der Waals surface area (Å²) in [7, 11) is 12.0. The van der Waals surface area contributed by atoms with Gasteiger partial charge in [0.05, 0.1) is 0 Å². The van der Waals surface area contributed by atoms with E-state index < -0.39 is 53.8 Å². The molecule has 0 heterocycles. The Kier molecular flexibility index (Phi) is 15.0. The maximum atomic E-state index is 9.25. The van der Waals surface area contributed by atoms with Crippen LogP contribution in [0.3, 0.4) is 0 Å². The molecule has 0 aliphatic heterocycles. The minimum atomic E-state index is -5.15. The number of fused-ring (bicyclic) bond motifs is 2. The molecule has 0 saturated carbocycles. The third-order valence-electron chi connectivity index (χ3n) is 15.9. The second-order valence-corrected chi connectivity index (χ2v) is 87.5. The van der Waals surface area contributed by atoms with Crippen molar-refractivity contribution in [3.8, 4) is 22.3 Å². The molecule has 0 spiro atoms. The van der Waals surface area contributed by atoms with Crippen LogP contribution in [0.25, 0.3) is 34.4 Å². The van der Waals surface area contributed by atoms with Gasteiger partial charge in [-0.15, -0.1) is 0 Å². The summed E-state index contributed by atoms with van der Waals surface area (Å²) in [5, 5.41) is 6.27. The van der Waals surface area contributed by atoms with E-state index in [2.05, 4.69) is 206 Å². The van der Waals surface area contributed by atoms with E-state index in [9.17, 15) is 17.0 Å². The summed E-state index contributed by atoms with van der Waals surface area (Å²) in [6, 6.07) is 25.5. The van der Waals surface area contributed by atoms with E-state index in [1.54, 1.807) is 20.7 Å². The van der Waals surface area contributed by atoms with E-state index in [1.807, 2.05) is 0 Å². The predicted octanol–water partition coefficient (Wildman–Crippen LogP) is 16.0. The summed E-state index contributed by atoms with van der Waals surface area (Å²) in [5.74, 6) is -1.03. The number of rotatable bonds is 15. The molecule has 0 N–H and O–H groups in total. The number of halogens is 2. The van der Waals surface area contributed by atoms with Gasteiger partial charge in [0.15, 0.2) is 0 Å². The molecule has 0 nitrogen and oxygen atoms in total. The molecule has 0 aromatic heterocycles. The molecule has 4 unspecified atom stereocenters. The summed E-state index contributed by atoms with van der Waals surface area (Å²) < 4.78 is 0.128. The van der Waals surface area contributed by atoms with Crippen LogP contribution in [0.2, 0.25) is 91.7 Å². The van der Waals surface area contributed by atoms with E-state index >= 15 is 0 Å². The zero-order valence-electron chi connectivity index (χ0n) is 43.9. The van der Waals surface area contributed by atoms with Gasteiger partial charge < -0.3 is 0 Å². The summed E-state index contributed by atoms with van der Waals surface area (Å²) in [6.07, 6.45) is 9.44. The van der Waals surface area contributed by atoms with Crippen LogP contribution < -0.4 is 20.7 Å². The number of benzene rings is 4. The number of hydrogen-bond acceptors (Lipinski definition) is 0. The molecular weight excluding hydrogens is 975 g/mol. The van der Waals surface area contributed by atoms with Crippen molar-refractivity contribution >= 4 is 88.1 Å². The van der Waals surface area contributed by atoms with Crippen molar-refractivity contribution in [2.45, 2.75) is 166 Å². The molecule has 4 aromatic carbocycles. The third-order valence-corrected chi connectivity index (χ3v) is 75.6. The topological polar surface area (TPSA) is 0 Å². The molecule has 0 saturated heterocycles. The normalized spacial score (nSPS) is 18.6. The van der Waals surface area contributed by atoms with Gasteiger partial charge in [-0.3, -0.25) is 0 Å². The number of hydrogen-bond donors (Lipinski definition) is 0. The average Bonchev–Trinajstić information content (AvgIpc) is 3.81. The maximum absolute atomic E-state index is 9.25. The molecule has 6 rings (SSSR count). The Morgan fingerprint density at radius 2 is 0.797 bits per heavy atom. The fraction of sp³-hybridized carbons (Fsp3) is 0.500. The van der Waals surface area contributed by atoms with Gasteiger partial charge >= 0.3 is 409 Å². The van der Waals surface area contributed by atoms with Gasteiger partial charge in [0.1, 0.15) is 0 Å². The summed E-state index contributed by atoms with van der Waals surface area (Å²) in [4.78, 5) is 0. The van der Waals surface area contributed by atoms with Gasteiger partial charge in [-0.1, -0.05) is 0 Å². The first kappa shape index (κ1) is 52.3. The van der Waals surface area contributed by atoms with E-state index in [4.69, 9.17) is 0 Å². The van der Waals surface area contributed by atoms with Crippen molar-refractivity contribution in [2.75, 3.05) is 0 Å². The Morgan fingerprint density at radius 3 is 1.03 bits per heavy atom. The second-order valence-electron chi connectivity index (χ2n) is 24.7. The van der Waals surface area contributed by atoms with Crippen molar-refractivity contribution in [1.82, 2.24) is 0 Å². The molecule has 0 bridgehead atoms. The summed E-state index contributed by atoms with van der Waals surface area (Å²) in [5.41, 5.74) is 17.3. The zero-order valence-corrected chi connectivity index (χ0v) is 53.0. The minimum absolute atomic E-state index is 0.0640. The molecule has 64 heavy (non-hydrogen) atoms. The second kappa shape index (κ2) is 18.3. The Hall–Kier alpha value is -1.09. The van der Waals surface area contributed by atoms with Crippen molar-refractivity contribution in [3.05, 3.63) is 105 Å². The third kappa shape index (κ3) is 9.35. The quantitative estimate of drug-likeness (QED) is 0.104. The molecule has 0 radical (unpaired) electrons. The van der Waals surface area contributed by atoms with E-state index in [1.165, 1.54) is 66.8 Å². The van der Waals surface area contributed by atoms with Gasteiger partial charge in [-0.2, -0.15) is 0 Å². The van der Waals surface area contributed by atoms with Gasteiger partial charge in [0, 0.05) is 0 Å². The Labute approximate surface area is 405 Å². The van der Waals surface area contributed by atoms with Crippen LogP contribution in [0, 0.1) is 11.8 Å². The van der Waals surface area contributed by atoms with E-state index in [0.29, 0.717) is 11.8 Å². The zero-order chi connectivity index (χ0) is 47.9. The fourth-order valence-corrected chi connectivity index (χ4v) is 47.2. The average molecular weight is 1060 g/mol. The van der Waals surface area contributed by atoms with Crippen molar-refractivity contribution in [2.24, 2.45) is 11.8 Å². The predicted molar refractivity (Wildman–Crippen MR) is 305 cm³/mol. The first-order valence-corrected chi connectivity index (χ1v) is 55.4. The molecule has 347 valence electrons. The van der Waals surface area contributed by atoms with Gasteiger partial charge in [-0.05, 0) is 0 Å². The molecule has 0 fully saturated rings. The van der Waals surface area contributed by atoms with E-state index in [0.717, 1.165) is 25.7 Å². The first-order valence-electron chi connectivity index (χ1n) is 25.1. The van der Waals surface area contributed by atoms with Crippen LogP contribution in [-0.2, 0) is 28.4 Å². The fourth-order valence-electron chi connectivity index (χ4n) is 11.0. The summed E-state index contributed by atoms with van der Waals surface area (Å²) in [6.45, 7) is 49.6. The Balaban J connectivity index is 1.73.